The largest absolute Gasteiger partial charge is 0.397 e. The van der Waals surface area contributed by atoms with Crippen molar-refractivity contribution in [1.82, 2.24) is 0 Å². The zero-order valence-corrected chi connectivity index (χ0v) is 7.78. The van der Waals surface area contributed by atoms with Gasteiger partial charge in [-0.25, -0.2) is 0 Å². The maximum atomic E-state index is 7.57. The monoisotopic (exact) mass is 119 g/mol. The van der Waals surface area contributed by atoms with Crippen molar-refractivity contribution in [2.45, 2.75) is 6.92 Å². The van der Waals surface area contributed by atoms with Crippen molar-refractivity contribution in [2.75, 3.05) is 6.61 Å². The fourth-order valence-corrected chi connectivity index (χ4v) is 0. The van der Waals surface area contributed by atoms with Gasteiger partial charge in [-0.2, -0.15) is 13.5 Å². The van der Waals surface area contributed by atoms with Gasteiger partial charge in [0.05, 0.1) is 0 Å². The maximum Gasteiger partial charge on any atom is 0.0402 e. The summed E-state index contributed by atoms with van der Waals surface area (Å²) in [6.45, 7) is 1.93. The van der Waals surface area contributed by atoms with E-state index in [-0.39, 0.29) is 71.5 Å². The summed E-state index contributed by atoms with van der Waals surface area (Å²) in [5.74, 6) is 0. The van der Waals surface area contributed by atoms with E-state index < -0.39 is 0 Å². The molecule has 3 heteroatoms. The van der Waals surface area contributed by atoms with Gasteiger partial charge in [-0.3, -0.25) is 0 Å². The molecule has 0 aromatic rings. The van der Waals surface area contributed by atoms with Crippen LogP contribution in [0.4, 0.5) is 0 Å². The molecule has 0 saturated heterocycles. The van der Waals surface area contributed by atoms with Gasteiger partial charge in [0.2, 0.25) is 0 Å². The molecule has 0 saturated carbocycles. The Balaban J connectivity index is -0.0000000200. The van der Waals surface area contributed by atoms with Crippen molar-refractivity contribution in [3.8, 4) is 0 Å². The summed E-state index contributed by atoms with van der Waals surface area (Å²) >= 11 is 0. The van der Waals surface area contributed by atoms with Crippen LogP contribution in [0.5, 0.6) is 0 Å². The number of aliphatic hydroxyl groups is 1. The molecule has 0 atom stereocenters. The molecule has 0 aliphatic heterocycles. The summed E-state index contributed by atoms with van der Waals surface area (Å²) in [6.07, 6.45) is 0. The van der Waals surface area contributed by atoms with Gasteiger partial charge in [-0.1, -0.05) is 0 Å². The molecule has 5 heavy (non-hydrogen) atoms. The number of rotatable bonds is 0. The van der Waals surface area contributed by atoms with Crippen molar-refractivity contribution in [3.05, 3.63) is 0 Å². The fraction of sp³-hybridized carbons (Fsp3) is 1.00. The van der Waals surface area contributed by atoms with Crippen LogP contribution >= 0.6 is 13.5 Å². The minimum absolute atomic E-state index is 0. The fourth-order valence-electron chi connectivity index (χ4n) is 0. The van der Waals surface area contributed by atoms with Crippen molar-refractivity contribution < 1.29 is 5.11 Å². The zero-order valence-electron chi connectivity index (χ0n) is 3.65. The van der Waals surface area contributed by atoms with Gasteiger partial charge in [0.1, 0.15) is 0 Å². The van der Waals surface area contributed by atoms with E-state index in [0.717, 1.165) is 0 Å². The Morgan fingerprint density at radius 1 is 1.60 bits per heavy atom. The Morgan fingerprint density at radius 3 is 1.60 bits per heavy atom. The number of hydrogen-bond donors (Lipinski definition) is 1. The first-order valence-electron chi connectivity index (χ1n) is 1.02. The summed E-state index contributed by atoms with van der Waals surface area (Å²) in [5, 5.41) is 7.57. The van der Waals surface area contributed by atoms with Crippen LogP contribution < -0.4 is 0 Å². The van der Waals surface area contributed by atoms with Crippen molar-refractivity contribution in [3.63, 3.8) is 0 Å². The predicted molar refractivity (Wildman–Crippen MR) is 28.9 cm³/mol. The summed E-state index contributed by atoms with van der Waals surface area (Å²) in [7, 11) is 0. The van der Waals surface area contributed by atoms with Crippen LogP contribution in [0.15, 0.2) is 0 Å². The second-order valence-corrected chi connectivity index (χ2v) is 0.316. The normalized spacial score (nSPS) is 3.60. The quantitative estimate of drug-likeness (QED) is 0.435. The molecule has 0 aliphatic carbocycles. The Hall–Kier alpha value is 1.95. The Bertz CT molecular complexity index is 9.61. The molecule has 0 spiro atoms. The van der Waals surface area contributed by atoms with E-state index >= 15 is 0 Å². The van der Waals surface area contributed by atoms with E-state index in [9.17, 15) is 0 Å². The average molecular weight is 119 g/mol. The van der Waals surface area contributed by atoms with E-state index in [4.69, 9.17) is 5.11 Å². The van der Waals surface area contributed by atoms with Crippen molar-refractivity contribution in [2.24, 2.45) is 0 Å². The molecule has 0 aliphatic rings. The third-order valence-corrected chi connectivity index (χ3v) is 0. The van der Waals surface area contributed by atoms with E-state index in [1.807, 2.05) is 0 Å². The molecule has 0 unspecified atom stereocenters. The van der Waals surface area contributed by atoms with Gasteiger partial charge in [0, 0.05) is 58.0 Å². The first kappa shape index (κ1) is 15.8. The second kappa shape index (κ2) is 16.8. The summed E-state index contributed by atoms with van der Waals surface area (Å²) in [6, 6.07) is 0. The maximum absolute atomic E-state index is 7.57. The summed E-state index contributed by atoms with van der Waals surface area (Å²) in [5.41, 5.74) is 0. The molecule has 1 radical (unpaired) electrons. The molecule has 0 aromatic heterocycles. The average Bonchev–Trinajstić information content (AvgIpc) is 0.918. The van der Waals surface area contributed by atoms with Gasteiger partial charge in [-0.05, 0) is 6.92 Å². The van der Waals surface area contributed by atoms with Crippen LogP contribution in [0.1, 0.15) is 6.92 Å². The van der Waals surface area contributed by atoms with Crippen LogP contribution in [-0.2, 0) is 0 Å². The summed E-state index contributed by atoms with van der Waals surface area (Å²) < 4.78 is 0. The van der Waals surface area contributed by atoms with Crippen molar-refractivity contribution in [1.29, 1.82) is 0 Å². The van der Waals surface area contributed by atoms with E-state index in [1.54, 1.807) is 6.92 Å². The second-order valence-electron chi connectivity index (χ2n) is 0.316. The molecule has 0 heterocycles. The first-order valence-corrected chi connectivity index (χ1v) is 1.02. The van der Waals surface area contributed by atoms with Crippen molar-refractivity contribution >= 4 is 64.9 Å². The van der Waals surface area contributed by atoms with Crippen LogP contribution in [0.3, 0.4) is 0 Å². The summed E-state index contributed by atoms with van der Waals surface area (Å²) in [4.78, 5) is 0. The SMILES string of the molecule is CCO.S.[K]. The molecule has 0 amide bonds. The molecule has 0 aromatic carbocycles. The molecule has 0 fully saturated rings. The Labute approximate surface area is 82.0 Å². The van der Waals surface area contributed by atoms with Gasteiger partial charge in [-0.15, -0.1) is 0 Å². The molecule has 0 bridgehead atoms. The Morgan fingerprint density at radius 2 is 1.60 bits per heavy atom. The Kier molecular flexibility index (Phi) is 52.9. The minimum atomic E-state index is 0. The molecule has 1 N–H and O–H groups in total. The molecule has 0 rings (SSSR count). The standard InChI is InChI=1S/C2H6O.K.H2S/c1-2-3;;/h3H,2H2,1H3;;1H2. The van der Waals surface area contributed by atoms with Gasteiger partial charge in [0.15, 0.2) is 0 Å². The molecular formula is C2H8KOS. The minimum Gasteiger partial charge on any atom is -0.397 e. The van der Waals surface area contributed by atoms with Gasteiger partial charge in [0.25, 0.3) is 0 Å². The van der Waals surface area contributed by atoms with Crippen LogP contribution in [0.2, 0.25) is 0 Å². The predicted octanol–water partition coefficient (Wildman–Crippen LogP) is -0.269. The van der Waals surface area contributed by atoms with E-state index in [2.05, 4.69) is 0 Å². The third kappa shape index (κ3) is 24.4. The molecule has 29 valence electrons. The molecular weight excluding hydrogens is 111 g/mol. The van der Waals surface area contributed by atoms with E-state index in [1.165, 1.54) is 0 Å². The van der Waals surface area contributed by atoms with Crippen LogP contribution in [-0.4, -0.2) is 63.1 Å². The van der Waals surface area contributed by atoms with E-state index in [0.29, 0.717) is 0 Å². The first-order chi connectivity index (χ1) is 1.41. The molecule has 1 nitrogen and oxygen atoms in total. The van der Waals surface area contributed by atoms with Gasteiger partial charge < -0.3 is 5.11 Å². The zero-order chi connectivity index (χ0) is 2.71. The topological polar surface area (TPSA) is 20.2 Å². The number of aliphatic hydroxyl groups excluding tert-OH is 1. The smallest absolute Gasteiger partial charge is 0.0402 e. The third-order valence-electron chi connectivity index (χ3n) is 0. The van der Waals surface area contributed by atoms with Crippen LogP contribution in [0.25, 0.3) is 0 Å². The van der Waals surface area contributed by atoms with Crippen LogP contribution in [0, 0.1) is 0 Å². The van der Waals surface area contributed by atoms with Gasteiger partial charge >= 0.3 is 0 Å². The number of hydrogen-bond acceptors (Lipinski definition) is 1.